The molecule has 0 radical (unpaired) electrons. The summed E-state index contributed by atoms with van der Waals surface area (Å²) in [5, 5.41) is 12.9. The third-order valence-corrected chi connectivity index (χ3v) is 3.30. The molecule has 1 aromatic heterocycles. The van der Waals surface area contributed by atoms with E-state index in [1.165, 1.54) is 13.1 Å². The Morgan fingerprint density at radius 3 is 2.70 bits per heavy atom. The molecule has 0 saturated heterocycles. The van der Waals surface area contributed by atoms with Gasteiger partial charge in [0.05, 0.1) is 6.61 Å². The smallest absolute Gasteiger partial charge is 0.435 e. The van der Waals surface area contributed by atoms with E-state index in [1.807, 2.05) is 0 Å². The molecule has 1 atom stereocenters. The fourth-order valence-corrected chi connectivity index (χ4v) is 2.24. The van der Waals surface area contributed by atoms with E-state index in [0.717, 1.165) is 4.68 Å². The van der Waals surface area contributed by atoms with E-state index in [9.17, 15) is 13.2 Å². The fourth-order valence-electron chi connectivity index (χ4n) is 2.06. The highest BCUT2D eigenvalue weighted by atomic mass is 35.5. The van der Waals surface area contributed by atoms with E-state index in [2.05, 4.69) is 5.10 Å². The summed E-state index contributed by atoms with van der Waals surface area (Å²) >= 11 is 5.84. The van der Waals surface area contributed by atoms with Crippen molar-refractivity contribution in [3.05, 3.63) is 40.5 Å². The first-order chi connectivity index (χ1) is 10.7. The molecule has 0 aliphatic heterocycles. The summed E-state index contributed by atoms with van der Waals surface area (Å²) in [4.78, 5) is 0. The molecule has 126 valence electrons. The minimum absolute atomic E-state index is 0.0940. The lowest BCUT2D eigenvalue weighted by molar-refractivity contribution is -0.142. The van der Waals surface area contributed by atoms with Crippen LogP contribution in [0.1, 0.15) is 11.3 Å². The number of aliphatic hydroxyl groups is 1. The lowest BCUT2D eigenvalue weighted by Gasteiger charge is -2.13. The molecule has 1 unspecified atom stereocenters. The number of hydrogen-bond donors (Lipinski definition) is 2. The van der Waals surface area contributed by atoms with Crippen molar-refractivity contribution in [3.8, 4) is 11.6 Å². The van der Waals surface area contributed by atoms with E-state index in [1.54, 1.807) is 18.2 Å². The second kappa shape index (κ2) is 6.77. The van der Waals surface area contributed by atoms with Gasteiger partial charge in [-0.1, -0.05) is 17.7 Å². The van der Waals surface area contributed by atoms with Crippen LogP contribution in [0.5, 0.6) is 11.6 Å². The van der Waals surface area contributed by atoms with Gasteiger partial charge in [0, 0.05) is 23.7 Å². The highest BCUT2D eigenvalue weighted by molar-refractivity contribution is 6.30. The SMILES string of the molecule is Cn1nc(C(F)(F)F)c(CC(N)CO)c1Oc1cccc(Cl)c1. The van der Waals surface area contributed by atoms with Crippen molar-refractivity contribution in [1.29, 1.82) is 0 Å². The van der Waals surface area contributed by atoms with Gasteiger partial charge >= 0.3 is 6.18 Å². The maximum Gasteiger partial charge on any atom is 0.435 e. The molecule has 3 N–H and O–H groups in total. The van der Waals surface area contributed by atoms with Crippen molar-refractivity contribution in [2.75, 3.05) is 6.61 Å². The summed E-state index contributed by atoms with van der Waals surface area (Å²) in [6.45, 7) is -0.456. The van der Waals surface area contributed by atoms with Crippen LogP contribution in [-0.4, -0.2) is 27.5 Å². The van der Waals surface area contributed by atoms with Crippen LogP contribution < -0.4 is 10.5 Å². The zero-order valence-electron chi connectivity index (χ0n) is 12.1. The summed E-state index contributed by atoms with van der Waals surface area (Å²) in [5.74, 6) is 0.177. The monoisotopic (exact) mass is 349 g/mol. The topological polar surface area (TPSA) is 73.3 Å². The molecule has 2 rings (SSSR count). The van der Waals surface area contributed by atoms with Crippen molar-refractivity contribution in [3.63, 3.8) is 0 Å². The van der Waals surface area contributed by atoms with Gasteiger partial charge in [-0.2, -0.15) is 18.3 Å². The van der Waals surface area contributed by atoms with Gasteiger partial charge in [-0.05, 0) is 24.6 Å². The molecule has 0 aliphatic carbocycles. The number of alkyl halides is 3. The van der Waals surface area contributed by atoms with Gasteiger partial charge in [0.25, 0.3) is 0 Å². The minimum atomic E-state index is -4.65. The van der Waals surface area contributed by atoms with Crippen molar-refractivity contribution in [2.24, 2.45) is 12.8 Å². The van der Waals surface area contributed by atoms with Crippen LogP contribution in [0.3, 0.4) is 0 Å². The Morgan fingerprint density at radius 1 is 1.43 bits per heavy atom. The average Bonchev–Trinajstić information content (AvgIpc) is 2.76. The number of nitrogens with zero attached hydrogens (tertiary/aromatic N) is 2. The normalized spacial score (nSPS) is 13.2. The minimum Gasteiger partial charge on any atom is -0.439 e. The maximum atomic E-state index is 13.1. The van der Waals surface area contributed by atoms with E-state index in [0.29, 0.717) is 5.02 Å². The Hall–Kier alpha value is -1.77. The average molecular weight is 350 g/mol. The third-order valence-electron chi connectivity index (χ3n) is 3.07. The van der Waals surface area contributed by atoms with Gasteiger partial charge in [-0.3, -0.25) is 0 Å². The summed E-state index contributed by atoms with van der Waals surface area (Å²) < 4.78 is 45.9. The lowest BCUT2D eigenvalue weighted by Crippen LogP contribution is -2.28. The number of hydrogen-bond acceptors (Lipinski definition) is 4. The van der Waals surface area contributed by atoms with Crippen LogP contribution in [0.15, 0.2) is 24.3 Å². The number of ether oxygens (including phenoxy) is 1. The maximum absolute atomic E-state index is 13.1. The molecule has 1 aromatic carbocycles. The van der Waals surface area contributed by atoms with Gasteiger partial charge in [0.2, 0.25) is 5.88 Å². The molecule has 23 heavy (non-hydrogen) atoms. The molecule has 0 spiro atoms. The molecule has 0 bridgehead atoms. The van der Waals surface area contributed by atoms with Gasteiger partial charge in [0.1, 0.15) is 5.75 Å². The molecule has 2 aromatic rings. The quantitative estimate of drug-likeness (QED) is 0.870. The summed E-state index contributed by atoms with van der Waals surface area (Å²) in [5.41, 5.74) is 4.29. The van der Waals surface area contributed by atoms with Crippen LogP contribution in [0.4, 0.5) is 13.2 Å². The number of aliphatic hydroxyl groups excluding tert-OH is 1. The van der Waals surface area contributed by atoms with Crippen molar-refractivity contribution in [2.45, 2.75) is 18.6 Å². The second-order valence-corrected chi connectivity index (χ2v) is 5.40. The number of nitrogens with two attached hydrogens (primary N) is 1. The Bertz CT molecular complexity index is 688. The molecule has 1 heterocycles. The second-order valence-electron chi connectivity index (χ2n) is 4.96. The predicted molar refractivity (Wildman–Crippen MR) is 78.5 cm³/mol. The molecule has 5 nitrogen and oxygen atoms in total. The summed E-state index contributed by atoms with van der Waals surface area (Å²) in [6, 6.07) is 5.39. The van der Waals surface area contributed by atoms with E-state index >= 15 is 0 Å². The van der Waals surface area contributed by atoms with Crippen molar-refractivity contribution >= 4 is 11.6 Å². The van der Waals surface area contributed by atoms with Crippen molar-refractivity contribution < 1.29 is 23.0 Å². The highest BCUT2D eigenvalue weighted by Gasteiger charge is 2.39. The largest absolute Gasteiger partial charge is 0.439 e. The Morgan fingerprint density at radius 2 is 2.13 bits per heavy atom. The van der Waals surface area contributed by atoms with E-state index in [4.69, 9.17) is 27.2 Å². The first-order valence-corrected chi connectivity index (χ1v) is 7.03. The van der Waals surface area contributed by atoms with Crippen LogP contribution in [-0.2, 0) is 19.6 Å². The highest BCUT2D eigenvalue weighted by Crippen LogP contribution is 2.37. The third kappa shape index (κ3) is 4.15. The Balaban J connectivity index is 2.46. The molecule has 0 amide bonds. The predicted octanol–water partition coefficient (Wildman–Crippen LogP) is 2.75. The lowest BCUT2D eigenvalue weighted by atomic mass is 10.1. The zero-order chi connectivity index (χ0) is 17.2. The molecule has 0 fully saturated rings. The molecular formula is C14H15ClF3N3O2. The molecular weight excluding hydrogens is 335 g/mol. The van der Waals surface area contributed by atoms with Crippen LogP contribution >= 0.6 is 11.6 Å². The number of rotatable bonds is 5. The van der Waals surface area contributed by atoms with Gasteiger partial charge < -0.3 is 15.6 Å². The zero-order valence-corrected chi connectivity index (χ0v) is 12.9. The first-order valence-electron chi connectivity index (χ1n) is 6.65. The van der Waals surface area contributed by atoms with Gasteiger partial charge in [0.15, 0.2) is 5.69 Å². The van der Waals surface area contributed by atoms with Crippen LogP contribution in [0.2, 0.25) is 5.02 Å². The number of aryl methyl sites for hydroxylation is 1. The molecule has 0 saturated carbocycles. The summed E-state index contributed by atoms with van der Waals surface area (Å²) in [6.07, 6.45) is -4.88. The van der Waals surface area contributed by atoms with Gasteiger partial charge in [-0.15, -0.1) is 0 Å². The van der Waals surface area contributed by atoms with Crippen molar-refractivity contribution in [1.82, 2.24) is 9.78 Å². The Kier molecular flexibility index (Phi) is 5.18. The molecule has 0 aliphatic rings. The fraction of sp³-hybridized carbons (Fsp3) is 0.357. The van der Waals surface area contributed by atoms with E-state index in [-0.39, 0.29) is 23.6 Å². The number of halogens is 4. The first kappa shape index (κ1) is 17.6. The van der Waals surface area contributed by atoms with Crippen LogP contribution in [0.25, 0.3) is 0 Å². The van der Waals surface area contributed by atoms with E-state index < -0.39 is 24.5 Å². The van der Waals surface area contributed by atoms with Gasteiger partial charge in [-0.25, -0.2) is 4.68 Å². The number of benzene rings is 1. The van der Waals surface area contributed by atoms with Crippen LogP contribution in [0, 0.1) is 0 Å². The summed E-state index contributed by atoms with van der Waals surface area (Å²) in [7, 11) is 1.34. The Labute approximate surface area is 135 Å². The standard InChI is InChI=1S/C14H15ClF3N3O2/c1-21-13(23-10-4-2-3-8(15)5-10)11(6-9(19)7-22)12(20-21)14(16,17)18/h2-5,9,22H,6-7,19H2,1H3. The number of aromatic nitrogens is 2. The molecule has 9 heteroatoms.